The first-order chi connectivity index (χ1) is 8.28. The van der Waals surface area contributed by atoms with Crippen LogP contribution in [0.3, 0.4) is 0 Å². The van der Waals surface area contributed by atoms with Gasteiger partial charge in [0.25, 0.3) is 5.69 Å². The van der Waals surface area contributed by atoms with E-state index < -0.39 is 16.3 Å². The monoisotopic (exact) mass is 252 g/mol. The molecule has 0 aliphatic rings. The van der Waals surface area contributed by atoms with Gasteiger partial charge in [0.2, 0.25) is 0 Å². The third kappa shape index (κ3) is 2.25. The minimum Gasteiger partial charge on any atom is -0.408 e. The summed E-state index contributed by atoms with van der Waals surface area (Å²) in [6.07, 6.45) is 0. The van der Waals surface area contributed by atoms with Crippen molar-refractivity contribution in [2.24, 2.45) is 0 Å². The second-order valence-electron chi connectivity index (χ2n) is 4.68. The molecule has 96 valence electrons. The van der Waals surface area contributed by atoms with Crippen molar-refractivity contribution in [1.82, 2.24) is 4.57 Å². The molecule has 1 aromatic heterocycles. The molecule has 0 saturated carbocycles. The summed E-state index contributed by atoms with van der Waals surface area (Å²) < 4.78 is 6.14. The van der Waals surface area contributed by atoms with E-state index in [2.05, 4.69) is 0 Å². The second kappa shape index (κ2) is 3.95. The summed E-state index contributed by atoms with van der Waals surface area (Å²) in [4.78, 5) is 21.7. The lowest BCUT2D eigenvalue weighted by atomic mass is 10.1. The Morgan fingerprint density at radius 2 is 2.17 bits per heavy atom. The number of hydrogen-bond donors (Lipinski definition) is 1. The third-order valence-electron chi connectivity index (χ3n) is 2.41. The number of hydrogen-bond acceptors (Lipinski definition) is 5. The van der Waals surface area contributed by atoms with Gasteiger partial charge in [-0.05, 0) is 19.9 Å². The van der Waals surface area contributed by atoms with Crippen molar-refractivity contribution >= 4 is 16.8 Å². The first kappa shape index (κ1) is 12.3. The summed E-state index contributed by atoms with van der Waals surface area (Å²) in [5.74, 6) is -0.646. The molecule has 7 heteroatoms. The Morgan fingerprint density at radius 3 is 2.72 bits per heavy atom. The molecule has 2 rings (SSSR count). The number of fused-ring (bicyclic) bond motifs is 1. The van der Waals surface area contributed by atoms with Crippen molar-refractivity contribution < 1.29 is 14.4 Å². The number of rotatable bonds is 3. The average molecular weight is 252 g/mol. The van der Waals surface area contributed by atoms with Crippen molar-refractivity contribution in [2.45, 2.75) is 26.0 Å². The van der Waals surface area contributed by atoms with E-state index in [-0.39, 0.29) is 17.8 Å². The van der Waals surface area contributed by atoms with Gasteiger partial charge >= 0.3 is 5.76 Å². The molecule has 0 spiro atoms. The molecule has 0 aliphatic heterocycles. The Hall–Kier alpha value is -2.15. The molecule has 7 nitrogen and oxygen atoms in total. The van der Waals surface area contributed by atoms with E-state index in [1.54, 1.807) is 0 Å². The summed E-state index contributed by atoms with van der Waals surface area (Å²) in [7, 11) is 0. The highest BCUT2D eigenvalue weighted by Crippen LogP contribution is 2.21. The predicted molar refractivity (Wildman–Crippen MR) is 63.4 cm³/mol. The first-order valence-corrected chi connectivity index (χ1v) is 5.28. The maximum Gasteiger partial charge on any atom is 0.420 e. The molecular formula is C11H12N2O5. The summed E-state index contributed by atoms with van der Waals surface area (Å²) in [5.41, 5.74) is -0.690. The van der Waals surface area contributed by atoms with Crippen molar-refractivity contribution in [3.05, 3.63) is 38.9 Å². The molecule has 1 aromatic carbocycles. The zero-order chi connectivity index (χ0) is 13.5. The molecule has 0 radical (unpaired) electrons. The number of non-ortho nitro benzene ring substituents is 1. The van der Waals surface area contributed by atoms with Gasteiger partial charge in [-0.25, -0.2) is 4.79 Å². The molecule has 1 heterocycles. The van der Waals surface area contributed by atoms with Crippen LogP contribution in [0.1, 0.15) is 13.8 Å². The summed E-state index contributed by atoms with van der Waals surface area (Å²) in [6.45, 7) is 3.07. The standard InChI is InChI=1S/C11H12N2O5/c1-11(2,15)6-12-8-5-7(13(16)17)3-4-9(8)18-10(12)14/h3-5,15H,6H2,1-2H3. The van der Waals surface area contributed by atoms with Gasteiger partial charge in [-0.15, -0.1) is 0 Å². The van der Waals surface area contributed by atoms with E-state index in [0.29, 0.717) is 5.52 Å². The fourth-order valence-electron chi connectivity index (χ4n) is 1.70. The Balaban J connectivity index is 2.64. The Morgan fingerprint density at radius 1 is 1.50 bits per heavy atom. The molecular weight excluding hydrogens is 240 g/mol. The highest BCUT2D eigenvalue weighted by Gasteiger charge is 2.20. The van der Waals surface area contributed by atoms with Crippen LogP contribution in [0.15, 0.2) is 27.4 Å². The lowest BCUT2D eigenvalue weighted by Crippen LogP contribution is -2.30. The molecule has 0 fully saturated rings. The maximum atomic E-state index is 11.6. The number of nitro benzene ring substituents is 1. The summed E-state index contributed by atoms with van der Waals surface area (Å²) in [5, 5.41) is 20.4. The third-order valence-corrected chi connectivity index (χ3v) is 2.41. The maximum absolute atomic E-state index is 11.6. The minimum atomic E-state index is -1.12. The van der Waals surface area contributed by atoms with E-state index in [0.717, 1.165) is 0 Å². The van der Waals surface area contributed by atoms with Crippen molar-refractivity contribution in [3.63, 3.8) is 0 Å². The van der Waals surface area contributed by atoms with E-state index in [9.17, 15) is 20.0 Å². The second-order valence-corrected chi connectivity index (χ2v) is 4.68. The summed E-state index contributed by atoms with van der Waals surface area (Å²) in [6, 6.07) is 3.89. The van der Waals surface area contributed by atoms with Gasteiger partial charge in [0.1, 0.15) is 0 Å². The molecule has 0 atom stereocenters. The zero-order valence-corrected chi connectivity index (χ0v) is 9.91. The number of nitrogens with zero attached hydrogens (tertiary/aromatic N) is 2. The fraction of sp³-hybridized carbons (Fsp3) is 0.364. The lowest BCUT2D eigenvalue weighted by Gasteiger charge is -2.16. The van der Waals surface area contributed by atoms with Crippen molar-refractivity contribution in [2.75, 3.05) is 0 Å². The molecule has 0 aliphatic carbocycles. The molecule has 0 amide bonds. The Kier molecular flexibility index (Phi) is 2.70. The highest BCUT2D eigenvalue weighted by molar-refractivity contribution is 5.75. The normalized spacial score (nSPS) is 11.9. The Labute approximate surface area is 101 Å². The van der Waals surface area contributed by atoms with E-state index in [1.165, 1.54) is 36.6 Å². The predicted octanol–water partition coefficient (Wildman–Crippen LogP) is 1.27. The van der Waals surface area contributed by atoms with Gasteiger partial charge in [-0.2, -0.15) is 0 Å². The fourth-order valence-corrected chi connectivity index (χ4v) is 1.70. The number of oxazole rings is 1. The van der Waals surface area contributed by atoms with E-state index in [1.807, 2.05) is 0 Å². The smallest absolute Gasteiger partial charge is 0.408 e. The van der Waals surface area contributed by atoms with Crippen LogP contribution in [-0.2, 0) is 6.54 Å². The Bertz CT molecular complexity index is 662. The molecule has 0 unspecified atom stereocenters. The summed E-state index contributed by atoms with van der Waals surface area (Å²) >= 11 is 0. The van der Waals surface area contributed by atoms with Crippen LogP contribution in [0.4, 0.5) is 5.69 Å². The van der Waals surface area contributed by atoms with Crippen LogP contribution in [-0.4, -0.2) is 20.2 Å². The van der Waals surface area contributed by atoms with Gasteiger partial charge in [0.05, 0.1) is 22.6 Å². The van der Waals surface area contributed by atoms with Gasteiger partial charge in [0, 0.05) is 12.1 Å². The van der Waals surface area contributed by atoms with E-state index >= 15 is 0 Å². The topological polar surface area (TPSA) is 98.5 Å². The van der Waals surface area contributed by atoms with Gasteiger partial charge in [0.15, 0.2) is 5.58 Å². The molecule has 18 heavy (non-hydrogen) atoms. The largest absolute Gasteiger partial charge is 0.420 e. The minimum absolute atomic E-state index is 0.000000945. The van der Waals surface area contributed by atoms with Crippen LogP contribution >= 0.6 is 0 Å². The van der Waals surface area contributed by atoms with Crippen LogP contribution in [0, 0.1) is 10.1 Å². The molecule has 1 N–H and O–H groups in total. The quantitative estimate of drug-likeness (QED) is 0.655. The number of aromatic nitrogens is 1. The highest BCUT2D eigenvalue weighted by atomic mass is 16.6. The average Bonchev–Trinajstić information content (AvgIpc) is 2.53. The first-order valence-electron chi connectivity index (χ1n) is 5.28. The van der Waals surface area contributed by atoms with Crippen LogP contribution in [0.5, 0.6) is 0 Å². The van der Waals surface area contributed by atoms with Crippen LogP contribution < -0.4 is 5.76 Å². The number of aliphatic hydroxyl groups is 1. The lowest BCUT2D eigenvalue weighted by molar-refractivity contribution is -0.384. The SMILES string of the molecule is CC(C)(O)Cn1c(=O)oc2ccc([N+](=O)[O-])cc21. The van der Waals surface area contributed by atoms with Crippen molar-refractivity contribution in [1.29, 1.82) is 0 Å². The molecule has 0 saturated heterocycles. The van der Waals surface area contributed by atoms with Crippen LogP contribution in [0.25, 0.3) is 11.1 Å². The van der Waals surface area contributed by atoms with E-state index in [4.69, 9.17) is 4.42 Å². The van der Waals surface area contributed by atoms with Gasteiger partial charge in [-0.1, -0.05) is 0 Å². The number of benzene rings is 1. The molecule has 0 bridgehead atoms. The van der Waals surface area contributed by atoms with Gasteiger partial charge < -0.3 is 9.52 Å². The molecule has 2 aromatic rings. The van der Waals surface area contributed by atoms with Gasteiger partial charge in [-0.3, -0.25) is 14.7 Å². The van der Waals surface area contributed by atoms with Crippen LogP contribution in [0.2, 0.25) is 0 Å². The zero-order valence-electron chi connectivity index (χ0n) is 9.91. The van der Waals surface area contributed by atoms with Crippen molar-refractivity contribution in [3.8, 4) is 0 Å². The number of nitro groups is 1.